The van der Waals surface area contributed by atoms with E-state index in [1.807, 2.05) is 12.1 Å². The first-order valence-corrected chi connectivity index (χ1v) is 8.97. The zero-order valence-electron chi connectivity index (χ0n) is 14.4. The molecule has 1 aliphatic rings. The second-order valence-electron chi connectivity index (χ2n) is 6.60. The van der Waals surface area contributed by atoms with E-state index in [4.69, 9.17) is 8.83 Å². The molecule has 0 aromatic carbocycles. The van der Waals surface area contributed by atoms with Gasteiger partial charge in [0.25, 0.3) is 0 Å². The molecule has 136 valence electrons. The number of furan rings is 2. The molecule has 25 heavy (non-hydrogen) atoms. The molecule has 2 N–H and O–H groups in total. The van der Waals surface area contributed by atoms with Crippen molar-refractivity contribution in [3.8, 4) is 0 Å². The molecule has 6 nitrogen and oxygen atoms in total. The van der Waals surface area contributed by atoms with Gasteiger partial charge in [0.05, 0.1) is 25.6 Å². The van der Waals surface area contributed by atoms with Crippen LogP contribution in [-0.4, -0.2) is 35.0 Å². The van der Waals surface area contributed by atoms with E-state index in [0.717, 1.165) is 38.0 Å². The molecule has 0 bridgehead atoms. The second-order valence-corrected chi connectivity index (χ2v) is 6.60. The fourth-order valence-corrected chi connectivity index (χ4v) is 3.41. The van der Waals surface area contributed by atoms with Gasteiger partial charge < -0.3 is 19.3 Å². The lowest BCUT2D eigenvalue weighted by molar-refractivity contribution is -0.123. The quantitative estimate of drug-likeness (QED) is 0.806. The monoisotopic (exact) mass is 346 g/mol. The van der Waals surface area contributed by atoms with Crippen molar-refractivity contribution < 1.29 is 18.7 Å². The van der Waals surface area contributed by atoms with Gasteiger partial charge in [-0.1, -0.05) is 12.8 Å². The van der Waals surface area contributed by atoms with Crippen LogP contribution in [0.2, 0.25) is 0 Å². The van der Waals surface area contributed by atoms with Gasteiger partial charge in [0.1, 0.15) is 17.6 Å². The minimum atomic E-state index is -0.633. The smallest absolute Gasteiger partial charge is 0.234 e. The van der Waals surface area contributed by atoms with Crippen LogP contribution in [0.25, 0.3) is 0 Å². The van der Waals surface area contributed by atoms with Gasteiger partial charge in [-0.05, 0) is 50.1 Å². The zero-order valence-corrected chi connectivity index (χ0v) is 14.4. The molecular formula is C19H26N2O4. The van der Waals surface area contributed by atoms with Crippen LogP contribution in [0.5, 0.6) is 0 Å². The summed E-state index contributed by atoms with van der Waals surface area (Å²) >= 11 is 0. The third-order valence-electron chi connectivity index (χ3n) is 4.75. The van der Waals surface area contributed by atoms with E-state index in [-0.39, 0.29) is 11.9 Å². The van der Waals surface area contributed by atoms with Crippen LogP contribution in [0.15, 0.2) is 45.6 Å². The lowest BCUT2D eigenvalue weighted by atomic mass is 10.0. The molecule has 0 unspecified atom stereocenters. The summed E-state index contributed by atoms with van der Waals surface area (Å²) in [5.41, 5.74) is 0. The minimum absolute atomic E-state index is 0.0178. The highest BCUT2D eigenvalue weighted by Gasteiger charge is 2.26. The van der Waals surface area contributed by atoms with E-state index in [2.05, 4.69) is 10.2 Å². The summed E-state index contributed by atoms with van der Waals surface area (Å²) < 4.78 is 10.5. The van der Waals surface area contributed by atoms with Gasteiger partial charge >= 0.3 is 0 Å². The summed E-state index contributed by atoms with van der Waals surface area (Å²) in [5.74, 6) is 1.32. The Kier molecular flexibility index (Phi) is 6.30. The number of rotatable bonds is 7. The van der Waals surface area contributed by atoms with Gasteiger partial charge in [-0.2, -0.15) is 0 Å². The van der Waals surface area contributed by atoms with Crippen molar-refractivity contribution in [2.24, 2.45) is 0 Å². The van der Waals surface area contributed by atoms with E-state index in [0.29, 0.717) is 25.3 Å². The number of amides is 1. The maximum Gasteiger partial charge on any atom is 0.234 e. The van der Waals surface area contributed by atoms with Crippen molar-refractivity contribution in [1.29, 1.82) is 0 Å². The lowest BCUT2D eigenvalue weighted by Crippen LogP contribution is -2.43. The maximum absolute atomic E-state index is 12.3. The third kappa shape index (κ3) is 5.21. The number of aliphatic hydroxyl groups is 1. The van der Waals surface area contributed by atoms with Crippen LogP contribution >= 0.6 is 0 Å². The molecule has 1 saturated heterocycles. The first-order chi connectivity index (χ1) is 12.2. The van der Waals surface area contributed by atoms with Gasteiger partial charge in [-0.25, -0.2) is 0 Å². The number of carbonyl (C=O) groups is 1. The van der Waals surface area contributed by atoms with E-state index in [1.54, 1.807) is 24.7 Å². The molecule has 1 amide bonds. The Hall–Kier alpha value is -2.05. The van der Waals surface area contributed by atoms with Crippen LogP contribution in [-0.2, 0) is 11.3 Å². The average molecular weight is 346 g/mol. The normalized spacial score (nSPS) is 20.1. The largest absolute Gasteiger partial charge is 0.467 e. The van der Waals surface area contributed by atoms with E-state index in [9.17, 15) is 9.90 Å². The van der Waals surface area contributed by atoms with Crippen LogP contribution in [0.1, 0.15) is 49.7 Å². The van der Waals surface area contributed by atoms with E-state index >= 15 is 0 Å². The molecule has 2 aromatic rings. The third-order valence-corrected chi connectivity index (χ3v) is 4.75. The predicted molar refractivity (Wildman–Crippen MR) is 92.7 cm³/mol. The molecule has 1 aliphatic heterocycles. The van der Waals surface area contributed by atoms with E-state index < -0.39 is 6.10 Å². The topological polar surface area (TPSA) is 78.9 Å². The van der Waals surface area contributed by atoms with Gasteiger partial charge in [-0.15, -0.1) is 0 Å². The average Bonchev–Trinajstić information content (AvgIpc) is 3.28. The van der Waals surface area contributed by atoms with Crippen molar-refractivity contribution in [2.75, 3.05) is 13.1 Å². The predicted octanol–water partition coefficient (Wildman–Crippen LogP) is 2.86. The van der Waals surface area contributed by atoms with Crippen LogP contribution in [0.3, 0.4) is 0 Å². The van der Waals surface area contributed by atoms with Crippen LogP contribution in [0.4, 0.5) is 0 Å². The number of aliphatic hydroxyl groups excluding tert-OH is 1. The van der Waals surface area contributed by atoms with Gasteiger partial charge in [0, 0.05) is 6.04 Å². The minimum Gasteiger partial charge on any atom is -0.467 e. The van der Waals surface area contributed by atoms with Gasteiger partial charge in [-0.3, -0.25) is 9.69 Å². The number of carbonyl (C=O) groups excluding carboxylic acids is 1. The highest BCUT2D eigenvalue weighted by molar-refractivity contribution is 5.78. The summed E-state index contributed by atoms with van der Waals surface area (Å²) in [5, 5.41) is 13.3. The lowest BCUT2D eigenvalue weighted by Gasteiger charge is -2.30. The van der Waals surface area contributed by atoms with Crippen molar-refractivity contribution >= 4 is 5.91 Å². The summed E-state index contributed by atoms with van der Waals surface area (Å²) in [7, 11) is 0. The molecule has 3 heterocycles. The summed E-state index contributed by atoms with van der Waals surface area (Å²) in [6.07, 6.45) is 7.49. The number of likely N-dealkylation sites (tertiary alicyclic amines) is 1. The van der Waals surface area contributed by atoms with Gasteiger partial charge in [0.2, 0.25) is 5.91 Å². The van der Waals surface area contributed by atoms with Crippen molar-refractivity contribution in [1.82, 2.24) is 10.2 Å². The van der Waals surface area contributed by atoms with E-state index in [1.165, 1.54) is 0 Å². The Labute approximate surface area is 147 Å². The highest BCUT2D eigenvalue weighted by atomic mass is 16.4. The van der Waals surface area contributed by atoms with Crippen LogP contribution < -0.4 is 5.32 Å². The standard InChI is InChI=1S/C19H26N2O4/c22-17(18-8-5-11-25-18)12-15-6-2-1-3-9-21(15)14-19(23)20-13-16-7-4-10-24-16/h4-5,7-8,10-11,15,17,22H,1-3,6,9,12-14H2,(H,20,23)/t15-,17-/m0/s1. The SMILES string of the molecule is O=C(CN1CCCCC[C@H]1C[C@H](O)c1ccco1)NCc1ccco1. The molecule has 0 radical (unpaired) electrons. The van der Waals surface area contributed by atoms with Gasteiger partial charge in [0.15, 0.2) is 0 Å². The van der Waals surface area contributed by atoms with Crippen molar-refractivity contribution in [3.05, 3.63) is 48.3 Å². The molecule has 2 atom stereocenters. The molecule has 1 fully saturated rings. The Morgan fingerprint density at radius 3 is 2.84 bits per heavy atom. The second kappa shape index (κ2) is 8.87. The number of nitrogens with zero attached hydrogens (tertiary/aromatic N) is 1. The number of nitrogens with one attached hydrogen (secondary N) is 1. The van der Waals surface area contributed by atoms with Crippen LogP contribution in [0, 0.1) is 0 Å². The zero-order chi connectivity index (χ0) is 17.5. The Bertz CT molecular complexity index is 624. The molecule has 6 heteroatoms. The molecular weight excluding hydrogens is 320 g/mol. The molecule has 3 rings (SSSR count). The summed E-state index contributed by atoms with van der Waals surface area (Å²) in [6, 6.07) is 7.40. The molecule has 0 aliphatic carbocycles. The Morgan fingerprint density at radius 1 is 1.24 bits per heavy atom. The number of hydrogen-bond donors (Lipinski definition) is 2. The summed E-state index contributed by atoms with van der Waals surface area (Å²) in [4.78, 5) is 14.5. The number of hydrogen-bond acceptors (Lipinski definition) is 5. The molecule has 2 aromatic heterocycles. The first kappa shape index (κ1) is 17.8. The Balaban J connectivity index is 1.55. The molecule has 0 spiro atoms. The fourth-order valence-electron chi connectivity index (χ4n) is 3.41. The fraction of sp³-hybridized carbons (Fsp3) is 0.526. The maximum atomic E-state index is 12.3. The first-order valence-electron chi connectivity index (χ1n) is 8.97. The van der Waals surface area contributed by atoms with Crippen molar-refractivity contribution in [3.63, 3.8) is 0 Å². The van der Waals surface area contributed by atoms with Crippen molar-refractivity contribution in [2.45, 2.75) is 50.8 Å². The Morgan fingerprint density at radius 2 is 2.08 bits per heavy atom. The highest BCUT2D eigenvalue weighted by Crippen LogP contribution is 2.26. The molecule has 0 saturated carbocycles. The summed E-state index contributed by atoms with van der Waals surface area (Å²) in [6.45, 7) is 1.62.